The molecule has 0 bridgehead atoms. The van der Waals surface area contributed by atoms with Gasteiger partial charge in [-0.3, -0.25) is 0 Å². The Morgan fingerprint density at radius 3 is 1.04 bits per heavy atom. The molecule has 0 radical (unpaired) electrons. The van der Waals surface area contributed by atoms with Gasteiger partial charge in [-0.25, -0.2) is 0 Å². The van der Waals surface area contributed by atoms with Gasteiger partial charge in [0.1, 0.15) is 5.60 Å². The first kappa shape index (κ1) is 17.4. The van der Waals surface area contributed by atoms with Crippen LogP contribution in [0.15, 0.2) is 91.0 Å². The molecule has 0 spiro atoms. The molecule has 0 aromatic heterocycles. The Morgan fingerprint density at radius 1 is 0.520 bits per heavy atom. The Labute approximate surface area is 147 Å². The Bertz CT molecular complexity index is 685. The van der Waals surface area contributed by atoms with Gasteiger partial charge in [0.2, 0.25) is 0 Å². The van der Waals surface area contributed by atoms with Crippen LogP contribution in [0.5, 0.6) is 0 Å². The molecule has 3 nitrogen and oxygen atoms in total. The quantitative estimate of drug-likeness (QED) is 0.608. The summed E-state index contributed by atoms with van der Waals surface area (Å²) in [4.78, 5) is 0. The number of aliphatic hydroxyl groups is 3. The number of benzene rings is 3. The summed E-state index contributed by atoms with van der Waals surface area (Å²) in [5.41, 5.74) is -0.480. The molecular weight excluding hydrogens is 312 g/mol. The summed E-state index contributed by atoms with van der Waals surface area (Å²) >= 11 is 0. The van der Waals surface area contributed by atoms with Crippen molar-refractivity contribution in [1.82, 2.24) is 0 Å². The standard InChI is InChI=1S/C22H22O3/c23-16-21(25,17-24)22(18-10-4-1-5-11-18,19-12-6-2-7-13-19)20-14-8-3-9-15-20/h1-15,23-25H,16-17H2. The number of rotatable bonds is 6. The van der Waals surface area contributed by atoms with Crippen molar-refractivity contribution in [2.24, 2.45) is 0 Å². The predicted molar refractivity (Wildman–Crippen MR) is 98.3 cm³/mol. The van der Waals surface area contributed by atoms with Crippen molar-refractivity contribution >= 4 is 0 Å². The minimum atomic E-state index is -1.78. The van der Waals surface area contributed by atoms with Crippen LogP contribution in [0.2, 0.25) is 0 Å². The molecule has 0 atom stereocenters. The SMILES string of the molecule is OCC(O)(CO)C(c1ccccc1)(c1ccccc1)c1ccccc1. The lowest BCUT2D eigenvalue weighted by Gasteiger charge is -2.47. The molecule has 3 aromatic rings. The molecule has 3 heteroatoms. The Morgan fingerprint density at radius 2 is 0.800 bits per heavy atom. The summed E-state index contributed by atoms with van der Waals surface area (Å²) in [7, 11) is 0. The van der Waals surface area contributed by atoms with Crippen LogP contribution >= 0.6 is 0 Å². The Kier molecular flexibility index (Phi) is 5.00. The highest BCUT2D eigenvalue weighted by atomic mass is 16.4. The minimum Gasteiger partial charge on any atom is -0.393 e. The van der Waals surface area contributed by atoms with Crippen molar-refractivity contribution in [2.45, 2.75) is 11.0 Å². The molecule has 0 aliphatic rings. The molecule has 0 amide bonds. The van der Waals surface area contributed by atoms with E-state index in [1.807, 2.05) is 91.0 Å². The largest absolute Gasteiger partial charge is 0.393 e. The molecular formula is C22H22O3. The smallest absolute Gasteiger partial charge is 0.128 e. The van der Waals surface area contributed by atoms with Gasteiger partial charge in [-0.15, -0.1) is 0 Å². The molecule has 0 heterocycles. The minimum absolute atomic E-state index is 0.581. The van der Waals surface area contributed by atoms with E-state index in [4.69, 9.17) is 0 Å². The summed E-state index contributed by atoms with van der Waals surface area (Å²) in [5, 5.41) is 31.6. The first-order chi connectivity index (χ1) is 12.2. The van der Waals surface area contributed by atoms with Crippen molar-refractivity contribution in [3.8, 4) is 0 Å². The maximum absolute atomic E-state index is 11.4. The van der Waals surface area contributed by atoms with E-state index in [2.05, 4.69) is 0 Å². The van der Waals surface area contributed by atoms with Crippen molar-refractivity contribution < 1.29 is 15.3 Å². The lowest BCUT2D eigenvalue weighted by Crippen LogP contribution is -2.58. The number of hydrogen-bond donors (Lipinski definition) is 3. The third kappa shape index (κ3) is 2.76. The normalized spacial score (nSPS) is 12.1. The first-order valence-electron chi connectivity index (χ1n) is 8.30. The van der Waals surface area contributed by atoms with Gasteiger partial charge < -0.3 is 15.3 Å². The average molecular weight is 334 g/mol. The summed E-state index contributed by atoms with van der Waals surface area (Å²) in [6.07, 6.45) is 0. The van der Waals surface area contributed by atoms with Gasteiger partial charge in [0.25, 0.3) is 0 Å². The van der Waals surface area contributed by atoms with Crippen LogP contribution in [-0.2, 0) is 5.41 Å². The summed E-state index contributed by atoms with van der Waals surface area (Å²) in [6.45, 7) is -1.16. The molecule has 0 aliphatic heterocycles. The van der Waals surface area contributed by atoms with Gasteiger partial charge in [-0.2, -0.15) is 0 Å². The van der Waals surface area contributed by atoms with Crippen LogP contribution in [0.4, 0.5) is 0 Å². The molecule has 0 fully saturated rings. The highest BCUT2D eigenvalue weighted by Gasteiger charge is 2.53. The molecule has 0 unspecified atom stereocenters. The second kappa shape index (κ2) is 7.19. The second-order valence-corrected chi connectivity index (χ2v) is 6.20. The van der Waals surface area contributed by atoms with Gasteiger partial charge in [0.05, 0.1) is 18.6 Å². The van der Waals surface area contributed by atoms with Crippen molar-refractivity contribution in [3.05, 3.63) is 108 Å². The van der Waals surface area contributed by atoms with E-state index in [1.54, 1.807) is 0 Å². The Balaban J connectivity index is 2.45. The molecule has 3 rings (SSSR count). The zero-order chi connectivity index (χ0) is 17.8. The van der Waals surface area contributed by atoms with Gasteiger partial charge in [-0.1, -0.05) is 91.0 Å². The fourth-order valence-electron chi connectivity index (χ4n) is 3.66. The van der Waals surface area contributed by atoms with E-state index in [9.17, 15) is 15.3 Å². The lowest BCUT2D eigenvalue weighted by atomic mass is 9.59. The summed E-state index contributed by atoms with van der Waals surface area (Å²) in [5.74, 6) is 0. The van der Waals surface area contributed by atoms with Crippen molar-refractivity contribution in [1.29, 1.82) is 0 Å². The lowest BCUT2D eigenvalue weighted by molar-refractivity contribution is -0.0884. The van der Waals surface area contributed by atoms with Gasteiger partial charge in [0.15, 0.2) is 0 Å². The second-order valence-electron chi connectivity index (χ2n) is 6.20. The van der Waals surface area contributed by atoms with E-state index < -0.39 is 24.2 Å². The van der Waals surface area contributed by atoms with Crippen molar-refractivity contribution in [3.63, 3.8) is 0 Å². The van der Waals surface area contributed by atoms with Crippen LogP contribution in [0.25, 0.3) is 0 Å². The first-order valence-corrected chi connectivity index (χ1v) is 8.30. The van der Waals surface area contributed by atoms with Crippen LogP contribution in [0, 0.1) is 0 Å². The maximum atomic E-state index is 11.4. The predicted octanol–water partition coefficient (Wildman–Crippen LogP) is 2.74. The zero-order valence-corrected chi connectivity index (χ0v) is 13.9. The fourth-order valence-corrected chi connectivity index (χ4v) is 3.66. The highest BCUT2D eigenvalue weighted by Crippen LogP contribution is 2.47. The molecule has 0 saturated carbocycles. The molecule has 0 saturated heterocycles. The van der Waals surface area contributed by atoms with Crippen LogP contribution < -0.4 is 0 Å². The third-order valence-electron chi connectivity index (χ3n) is 4.84. The van der Waals surface area contributed by atoms with E-state index >= 15 is 0 Å². The van der Waals surface area contributed by atoms with E-state index in [-0.39, 0.29) is 0 Å². The van der Waals surface area contributed by atoms with Gasteiger partial charge >= 0.3 is 0 Å². The van der Waals surface area contributed by atoms with Crippen molar-refractivity contribution in [2.75, 3.05) is 13.2 Å². The molecule has 25 heavy (non-hydrogen) atoms. The van der Waals surface area contributed by atoms with Crippen LogP contribution in [-0.4, -0.2) is 34.1 Å². The monoisotopic (exact) mass is 334 g/mol. The topological polar surface area (TPSA) is 60.7 Å². The summed E-state index contributed by atoms with van der Waals surface area (Å²) < 4.78 is 0. The maximum Gasteiger partial charge on any atom is 0.128 e. The van der Waals surface area contributed by atoms with Crippen LogP contribution in [0.1, 0.15) is 16.7 Å². The zero-order valence-electron chi connectivity index (χ0n) is 13.9. The average Bonchev–Trinajstić information content (AvgIpc) is 2.71. The molecule has 128 valence electrons. The third-order valence-corrected chi connectivity index (χ3v) is 4.84. The van der Waals surface area contributed by atoms with Gasteiger partial charge in [0, 0.05) is 0 Å². The molecule has 3 aromatic carbocycles. The van der Waals surface area contributed by atoms with E-state index in [0.717, 1.165) is 16.7 Å². The van der Waals surface area contributed by atoms with Crippen LogP contribution in [0.3, 0.4) is 0 Å². The molecule has 0 aliphatic carbocycles. The fraction of sp³-hybridized carbons (Fsp3) is 0.182. The highest BCUT2D eigenvalue weighted by molar-refractivity contribution is 5.54. The number of aliphatic hydroxyl groups excluding tert-OH is 2. The number of hydrogen-bond acceptors (Lipinski definition) is 3. The Hall–Kier alpha value is -2.46. The summed E-state index contributed by atoms with van der Waals surface area (Å²) in [6, 6.07) is 28.6. The molecule has 3 N–H and O–H groups in total. The van der Waals surface area contributed by atoms with E-state index in [0.29, 0.717) is 0 Å². The van der Waals surface area contributed by atoms with Gasteiger partial charge in [-0.05, 0) is 16.7 Å². The van der Waals surface area contributed by atoms with E-state index in [1.165, 1.54) is 0 Å².